The van der Waals surface area contributed by atoms with Gasteiger partial charge in [-0.25, -0.2) is 4.79 Å². The number of carbonyl (C=O) groups is 1. The Kier molecular flexibility index (Phi) is 5.70. The first-order chi connectivity index (χ1) is 9.56. The van der Waals surface area contributed by atoms with Crippen LogP contribution in [0.3, 0.4) is 0 Å². The molecule has 2 unspecified atom stereocenters. The van der Waals surface area contributed by atoms with Crippen molar-refractivity contribution in [1.29, 1.82) is 0 Å². The maximum atomic E-state index is 12.1. The number of urea groups is 1. The summed E-state index contributed by atoms with van der Waals surface area (Å²) in [7, 11) is 0. The number of rotatable bonds is 4. The highest BCUT2D eigenvalue weighted by atomic mass is 16.5. The lowest BCUT2D eigenvalue weighted by atomic mass is 9.74. The molecule has 1 aliphatic heterocycles. The van der Waals surface area contributed by atoms with E-state index in [0.717, 1.165) is 25.9 Å². The molecule has 2 fully saturated rings. The molecule has 0 aromatic carbocycles. The van der Waals surface area contributed by atoms with Crippen molar-refractivity contribution in [3.05, 3.63) is 0 Å². The third-order valence-corrected chi connectivity index (χ3v) is 4.85. The monoisotopic (exact) mass is 282 g/mol. The molecule has 2 aliphatic rings. The Morgan fingerprint density at radius 2 is 2.10 bits per heavy atom. The van der Waals surface area contributed by atoms with E-state index in [-0.39, 0.29) is 12.1 Å². The second kappa shape index (κ2) is 7.30. The molecule has 0 radical (unpaired) electrons. The van der Waals surface area contributed by atoms with Crippen molar-refractivity contribution in [2.45, 2.75) is 65.0 Å². The molecule has 20 heavy (non-hydrogen) atoms. The quantitative estimate of drug-likeness (QED) is 0.833. The molecule has 1 heterocycles. The van der Waals surface area contributed by atoms with E-state index >= 15 is 0 Å². The molecule has 0 aromatic rings. The van der Waals surface area contributed by atoms with E-state index in [0.29, 0.717) is 30.3 Å². The van der Waals surface area contributed by atoms with Crippen LogP contribution in [0.1, 0.15) is 52.9 Å². The van der Waals surface area contributed by atoms with E-state index in [9.17, 15) is 4.79 Å². The Morgan fingerprint density at radius 1 is 1.30 bits per heavy atom. The Balaban J connectivity index is 1.77. The molecule has 0 aromatic heterocycles. The minimum absolute atomic E-state index is 0.0229. The van der Waals surface area contributed by atoms with Crippen LogP contribution in [0.25, 0.3) is 0 Å². The molecule has 4 heteroatoms. The predicted molar refractivity (Wildman–Crippen MR) is 80.6 cm³/mol. The number of amides is 2. The predicted octanol–water partition coefficient (Wildman–Crippen LogP) is 2.93. The molecule has 2 N–H and O–H groups in total. The minimum Gasteiger partial charge on any atom is -0.376 e. The minimum atomic E-state index is -0.0229. The molecule has 2 amide bonds. The van der Waals surface area contributed by atoms with E-state index in [2.05, 4.69) is 31.4 Å². The van der Waals surface area contributed by atoms with Gasteiger partial charge in [0, 0.05) is 19.2 Å². The molecule has 4 atom stereocenters. The van der Waals surface area contributed by atoms with Crippen LogP contribution in [0.2, 0.25) is 0 Å². The first-order valence-corrected chi connectivity index (χ1v) is 8.22. The summed E-state index contributed by atoms with van der Waals surface area (Å²) in [6.07, 6.45) is 6.02. The molecular weight excluding hydrogens is 252 g/mol. The molecule has 2 rings (SSSR count). The smallest absolute Gasteiger partial charge is 0.315 e. The van der Waals surface area contributed by atoms with Gasteiger partial charge in [0.25, 0.3) is 0 Å². The van der Waals surface area contributed by atoms with Gasteiger partial charge >= 0.3 is 6.03 Å². The molecule has 1 saturated carbocycles. The topological polar surface area (TPSA) is 50.4 Å². The fraction of sp³-hybridized carbons (Fsp3) is 0.938. The van der Waals surface area contributed by atoms with Crippen LogP contribution in [0.15, 0.2) is 0 Å². The normalized spacial score (nSPS) is 34.2. The lowest BCUT2D eigenvalue weighted by Crippen LogP contribution is -2.50. The second-order valence-electron chi connectivity index (χ2n) is 6.92. The van der Waals surface area contributed by atoms with Gasteiger partial charge in [-0.2, -0.15) is 0 Å². The summed E-state index contributed by atoms with van der Waals surface area (Å²) in [4.78, 5) is 12.1. The number of nitrogens with one attached hydrogen (secondary N) is 2. The van der Waals surface area contributed by atoms with Crippen LogP contribution in [0, 0.1) is 17.8 Å². The highest BCUT2D eigenvalue weighted by Gasteiger charge is 2.31. The number of hydrogen-bond acceptors (Lipinski definition) is 2. The zero-order chi connectivity index (χ0) is 14.5. The summed E-state index contributed by atoms with van der Waals surface area (Å²) >= 11 is 0. The Bertz CT molecular complexity index is 314. The van der Waals surface area contributed by atoms with Crippen molar-refractivity contribution in [2.75, 3.05) is 13.2 Å². The van der Waals surface area contributed by atoms with Gasteiger partial charge in [-0.15, -0.1) is 0 Å². The second-order valence-corrected chi connectivity index (χ2v) is 6.92. The maximum Gasteiger partial charge on any atom is 0.315 e. The summed E-state index contributed by atoms with van der Waals surface area (Å²) in [6, 6.07) is 0.300. The maximum absolute atomic E-state index is 12.1. The first kappa shape index (κ1) is 15.6. The van der Waals surface area contributed by atoms with Gasteiger partial charge in [-0.05, 0) is 43.4 Å². The molecule has 0 bridgehead atoms. The number of carbonyl (C=O) groups excluding carboxylic acids is 1. The third-order valence-electron chi connectivity index (χ3n) is 4.85. The Hall–Kier alpha value is -0.770. The number of ether oxygens (including phenoxy) is 1. The van der Waals surface area contributed by atoms with Crippen LogP contribution in [-0.2, 0) is 4.74 Å². The fourth-order valence-corrected chi connectivity index (χ4v) is 3.60. The molecule has 116 valence electrons. The van der Waals surface area contributed by atoms with Crippen molar-refractivity contribution in [1.82, 2.24) is 10.6 Å². The van der Waals surface area contributed by atoms with Gasteiger partial charge in [0.2, 0.25) is 0 Å². The lowest BCUT2D eigenvalue weighted by molar-refractivity contribution is 0.110. The van der Waals surface area contributed by atoms with E-state index in [1.54, 1.807) is 0 Å². The van der Waals surface area contributed by atoms with E-state index in [1.807, 2.05) is 0 Å². The summed E-state index contributed by atoms with van der Waals surface area (Å²) < 4.78 is 5.53. The van der Waals surface area contributed by atoms with E-state index in [4.69, 9.17) is 4.74 Å². The Morgan fingerprint density at radius 3 is 2.75 bits per heavy atom. The fourth-order valence-electron chi connectivity index (χ4n) is 3.60. The molecule has 1 aliphatic carbocycles. The molecule has 0 spiro atoms. The summed E-state index contributed by atoms with van der Waals surface area (Å²) in [5.74, 6) is 1.96. The number of hydrogen-bond donors (Lipinski definition) is 2. The van der Waals surface area contributed by atoms with Gasteiger partial charge in [-0.1, -0.05) is 27.2 Å². The van der Waals surface area contributed by atoms with Gasteiger partial charge < -0.3 is 15.4 Å². The highest BCUT2D eigenvalue weighted by Crippen LogP contribution is 2.33. The van der Waals surface area contributed by atoms with Crippen LogP contribution in [0.5, 0.6) is 0 Å². The van der Waals surface area contributed by atoms with Crippen molar-refractivity contribution in [3.63, 3.8) is 0 Å². The largest absolute Gasteiger partial charge is 0.376 e. The molecule has 4 nitrogen and oxygen atoms in total. The van der Waals surface area contributed by atoms with Gasteiger partial charge in [0.05, 0.1) is 6.10 Å². The standard InChI is InChI=1S/C16H30N2O2/c1-11(2)14-7-6-12(3)9-15(14)18-16(19)17-10-13-5-4-8-20-13/h11-15H,4-10H2,1-3H3,(H2,17,18,19)/t12?,13?,14-,15-/m0/s1. The summed E-state index contributed by atoms with van der Waals surface area (Å²) in [5, 5.41) is 6.17. The summed E-state index contributed by atoms with van der Waals surface area (Å²) in [5.41, 5.74) is 0. The van der Waals surface area contributed by atoms with Crippen molar-refractivity contribution in [3.8, 4) is 0 Å². The lowest BCUT2D eigenvalue weighted by Gasteiger charge is -2.37. The van der Waals surface area contributed by atoms with Crippen molar-refractivity contribution >= 4 is 6.03 Å². The van der Waals surface area contributed by atoms with Gasteiger partial charge in [0.1, 0.15) is 0 Å². The van der Waals surface area contributed by atoms with E-state index in [1.165, 1.54) is 12.8 Å². The van der Waals surface area contributed by atoms with Crippen molar-refractivity contribution in [2.24, 2.45) is 17.8 Å². The van der Waals surface area contributed by atoms with Gasteiger partial charge in [0.15, 0.2) is 0 Å². The molecule has 1 saturated heterocycles. The van der Waals surface area contributed by atoms with Crippen LogP contribution >= 0.6 is 0 Å². The first-order valence-electron chi connectivity index (χ1n) is 8.22. The van der Waals surface area contributed by atoms with Crippen LogP contribution in [-0.4, -0.2) is 31.3 Å². The zero-order valence-corrected chi connectivity index (χ0v) is 13.2. The Labute approximate surface area is 123 Å². The zero-order valence-electron chi connectivity index (χ0n) is 13.2. The van der Waals surface area contributed by atoms with Crippen LogP contribution < -0.4 is 10.6 Å². The average molecular weight is 282 g/mol. The van der Waals surface area contributed by atoms with Crippen molar-refractivity contribution < 1.29 is 9.53 Å². The van der Waals surface area contributed by atoms with Gasteiger partial charge in [-0.3, -0.25) is 0 Å². The van der Waals surface area contributed by atoms with Crippen LogP contribution in [0.4, 0.5) is 4.79 Å². The average Bonchev–Trinajstić information content (AvgIpc) is 2.89. The SMILES string of the molecule is CC1CC[C@@H](C(C)C)[C@@H](NC(=O)NCC2CCCO2)C1. The third kappa shape index (κ3) is 4.37. The highest BCUT2D eigenvalue weighted by molar-refractivity contribution is 5.74. The summed E-state index contributed by atoms with van der Waals surface area (Å²) in [6.45, 7) is 8.29. The molecular formula is C16H30N2O2. The van der Waals surface area contributed by atoms with E-state index < -0.39 is 0 Å².